The first kappa shape index (κ1) is 33.9. The molecule has 3 heterocycles. The number of thiophene rings is 1. The molecule has 0 unspecified atom stereocenters. The van der Waals surface area contributed by atoms with Gasteiger partial charge in [-0.05, 0) is 71.7 Å². The third-order valence-electron chi connectivity index (χ3n) is 8.08. The smallest absolute Gasteiger partial charge is 0.258 e. The van der Waals surface area contributed by atoms with Crippen LogP contribution < -0.4 is 25.4 Å². The van der Waals surface area contributed by atoms with E-state index in [0.717, 1.165) is 37.2 Å². The largest absolute Gasteiger partial charge is 0.494 e. The van der Waals surface area contributed by atoms with Crippen LogP contribution in [0.2, 0.25) is 10.0 Å². The van der Waals surface area contributed by atoms with Crippen LogP contribution >= 0.6 is 50.5 Å². The number of rotatable bonds is 10. The van der Waals surface area contributed by atoms with Gasteiger partial charge in [0.1, 0.15) is 20.8 Å². The Morgan fingerprint density at radius 2 is 1.67 bits per heavy atom. The lowest BCUT2D eigenvalue weighted by atomic mass is 10.0. The highest BCUT2D eigenvalue weighted by Crippen LogP contribution is 2.50. The van der Waals surface area contributed by atoms with Crippen molar-refractivity contribution in [2.75, 3.05) is 37.9 Å². The van der Waals surface area contributed by atoms with Gasteiger partial charge in [0.15, 0.2) is 17.3 Å². The van der Waals surface area contributed by atoms with Gasteiger partial charge in [-0.3, -0.25) is 9.59 Å². The Bertz CT molecular complexity index is 1920. The summed E-state index contributed by atoms with van der Waals surface area (Å²) in [4.78, 5) is 38.1. The molecule has 0 saturated carbocycles. The number of piperidine rings is 1. The van der Waals surface area contributed by atoms with Crippen LogP contribution in [-0.4, -0.2) is 60.0 Å². The summed E-state index contributed by atoms with van der Waals surface area (Å²) in [5.41, 5.74) is 3.34. The number of anilines is 3. The summed E-state index contributed by atoms with van der Waals surface area (Å²) in [6, 6.07) is 17.6. The SMILES string of the molecule is COc1c(Cl)c(NC(=O)c2csc3c(Nc4ccc(C(=O)N(Cc5ccccc5)C5CCNCC5)cc4)ncnc23)c(Cl)c(OC)c1Br. The van der Waals surface area contributed by atoms with E-state index in [4.69, 9.17) is 32.7 Å². The lowest BCUT2D eigenvalue weighted by molar-refractivity contribution is 0.0623. The Labute approximate surface area is 299 Å². The number of fused-ring (bicyclic) bond motifs is 1. The van der Waals surface area contributed by atoms with Gasteiger partial charge >= 0.3 is 0 Å². The lowest BCUT2D eigenvalue weighted by Crippen LogP contribution is -2.45. The van der Waals surface area contributed by atoms with Crippen LogP contribution in [0.3, 0.4) is 0 Å². The molecular weight excluding hydrogens is 739 g/mol. The Morgan fingerprint density at radius 3 is 2.31 bits per heavy atom. The van der Waals surface area contributed by atoms with E-state index in [1.165, 1.54) is 31.9 Å². The number of benzene rings is 3. The molecule has 0 radical (unpaired) electrons. The second-order valence-electron chi connectivity index (χ2n) is 11.0. The molecule has 0 atom stereocenters. The summed E-state index contributed by atoms with van der Waals surface area (Å²) >= 11 is 17.8. The first-order valence-corrected chi connectivity index (χ1v) is 17.5. The van der Waals surface area contributed by atoms with Gasteiger partial charge in [0.2, 0.25) is 0 Å². The van der Waals surface area contributed by atoms with E-state index in [1.807, 2.05) is 47.4 Å². The quantitative estimate of drug-likeness (QED) is 0.130. The molecule has 0 spiro atoms. The Hall–Kier alpha value is -3.94. The molecule has 3 N–H and O–H groups in total. The molecule has 48 heavy (non-hydrogen) atoms. The number of hydrogen-bond acceptors (Lipinski definition) is 9. The minimum absolute atomic E-state index is 0.00291. The van der Waals surface area contributed by atoms with Crippen molar-refractivity contribution in [1.29, 1.82) is 0 Å². The third kappa shape index (κ3) is 6.94. The average Bonchev–Trinajstić information content (AvgIpc) is 3.56. The van der Waals surface area contributed by atoms with Gasteiger partial charge in [-0.25, -0.2) is 9.97 Å². The number of nitrogens with zero attached hydrogens (tertiary/aromatic N) is 3. The van der Waals surface area contributed by atoms with E-state index in [9.17, 15) is 9.59 Å². The molecule has 0 bridgehead atoms. The molecule has 248 valence electrons. The molecule has 1 aliphatic rings. The monoisotopic (exact) mass is 768 g/mol. The van der Waals surface area contributed by atoms with Gasteiger partial charge < -0.3 is 30.3 Å². The van der Waals surface area contributed by atoms with Crippen molar-refractivity contribution in [2.24, 2.45) is 0 Å². The molecule has 2 aromatic heterocycles. The zero-order valence-electron chi connectivity index (χ0n) is 26.0. The highest BCUT2D eigenvalue weighted by Gasteiger charge is 2.28. The van der Waals surface area contributed by atoms with E-state index in [-0.39, 0.29) is 39.2 Å². The van der Waals surface area contributed by atoms with Crippen molar-refractivity contribution in [3.8, 4) is 11.5 Å². The Morgan fingerprint density at radius 1 is 1.00 bits per heavy atom. The lowest BCUT2D eigenvalue weighted by Gasteiger charge is -2.35. The maximum Gasteiger partial charge on any atom is 0.258 e. The number of aromatic nitrogens is 2. The van der Waals surface area contributed by atoms with Crippen LogP contribution in [-0.2, 0) is 6.54 Å². The Balaban J connectivity index is 1.21. The molecular formula is C34H31BrCl2N6O4S. The molecule has 1 saturated heterocycles. The predicted molar refractivity (Wildman–Crippen MR) is 195 cm³/mol. The fourth-order valence-electron chi connectivity index (χ4n) is 5.63. The molecule has 2 amide bonds. The first-order valence-electron chi connectivity index (χ1n) is 15.0. The summed E-state index contributed by atoms with van der Waals surface area (Å²) in [7, 11) is 2.90. The van der Waals surface area contributed by atoms with Gasteiger partial charge in [0.25, 0.3) is 11.8 Å². The number of ether oxygens (including phenoxy) is 2. The van der Waals surface area contributed by atoms with Crippen LogP contribution in [0.1, 0.15) is 39.1 Å². The number of nitrogens with one attached hydrogen (secondary N) is 3. The van der Waals surface area contributed by atoms with Crippen molar-refractivity contribution in [3.63, 3.8) is 0 Å². The molecule has 3 aromatic carbocycles. The van der Waals surface area contributed by atoms with Crippen LogP contribution in [0.5, 0.6) is 11.5 Å². The topological polar surface area (TPSA) is 118 Å². The van der Waals surface area contributed by atoms with Gasteiger partial charge in [-0.2, -0.15) is 0 Å². The maximum atomic E-state index is 13.8. The third-order valence-corrected chi connectivity index (χ3v) is 10.5. The molecule has 14 heteroatoms. The van der Waals surface area contributed by atoms with Crippen molar-refractivity contribution >= 4 is 89.7 Å². The minimum atomic E-state index is -0.474. The van der Waals surface area contributed by atoms with Gasteiger partial charge in [-0.15, -0.1) is 11.3 Å². The number of carbonyl (C=O) groups excluding carboxylic acids is 2. The molecule has 5 aromatic rings. The normalized spacial score (nSPS) is 13.3. The molecule has 0 aliphatic carbocycles. The number of carbonyl (C=O) groups is 2. The van der Waals surface area contributed by atoms with Gasteiger partial charge in [-0.1, -0.05) is 53.5 Å². The minimum Gasteiger partial charge on any atom is -0.494 e. The zero-order chi connectivity index (χ0) is 33.8. The highest BCUT2D eigenvalue weighted by atomic mass is 79.9. The fraction of sp³-hybridized carbons (Fsp3) is 0.235. The molecule has 10 nitrogen and oxygen atoms in total. The van der Waals surface area contributed by atoms with E-state index < -0.39 is 5.91 Å². The van der Waals surface area contributed by atoms with Crippen molar-refractivity contribution in [2.45, 2.75) is 25.4 Å². The number of hydrogen-bond donors (Lipinski definition) is 3. The number of halogens is 3. The van der Waals surface area contributed by atoms with Crippen molar-refractivity contribution in [3.05, 3.63) is 97.5 Å². The van der Waals surface area contributed by atoms with Crippen LogP contribution in [0, 0.1) is 0 Å². The van der Waals surface area contributed by atoms with Crippen LogP contribution in [0.25, 0.3) is 10.2 Å². The van der Waals surface area contributed by atoms with Crippen molar-refractivity contribution < 1.29 is 19.1 Å². The van der Waals surface area contributed by atoms with E-state index >= 15 is 0 Å². The standard InChI is InChI=1S/C34H31BrCl2N6O4S/c1-46-29-24(35)30(47-2)26(37)28(25(29)36)42-33(44)23-17-48-31-27(23)39-18-40-32(31)41-21-10-8-20(9-11-21)34(45)43(22-12-14-38-15-13-22)16-19-6-4-3-5-7-19/h3-11,17-18,22,38H,12-16H2,1-2H3,(H,42,44)(H,39,40,41). The number of methoxy groups -OCH3 is 2. The predicted octanol–water partition coefficient (Wildman–Crippen LogP) is 8.17. The Kier molecular flexibility index (Phi) is 10.7. The van der Waals surface area contributed by atoms with E-state index in [0.29, 0.717) is 38.2 Å². The maximum absolute atomic E-state index is 13.8. The zero-order valence-corrected chi connectivity index (χ0v) is 29.9. The van der Waals surface area contributed by atoms with Crippen LogP contribution in [0.15, 0.2) is 70.8 Å². The average molecular weight is 771 g/mol. The molecule has 1 fully saturated rings. The summed E-state index contributed by atoms with van der Waals surface area (Å²) in [5.74, 6) is 0.571. The second kappa shape index (κ2) is 15.1. The van der Waals surface area contributed by atoms with E-state index in [1.54, 1.807) is 5.38 Å². The second-order valence-corrected chi connectivity index (χ2v) is 13.4. The summed E-state index contributed by atoms with van der Waals surface area (Å²) in [5, 5.41) is 11.4. The highest BCUT2D eigenvalue weighted by molar-refractivity contribution is 9.10. The summed E-state index contributed by atoms with van der Waals surface area (Å²) in [6.45, 7) is 2.33. The molecule has 1 aliphatic heterocycles. The van der Waals surface area contributed by atoms with E-state index in [2.05, 4.69) is 54.0 Å². The summed E-state index contributed by atoms with van der Waals surface area (Å²) in [6.07, 6.45) is 3.21. The summed E-state index contributed by atoms with van der Waals surface area (Å²) < 4.78 is 11.9. The van der Waals surface area contributed by atoms with Crippen molar-refractivity contribution in [1.82, 2.24) is 20.2 Å². The molecule has 6 rings (SSSR count). The van der Waals surface area contributed by atoms with Crippen LogP contribution in [0.4, 0.5) is 17.2 Å². The van der Waals surface area contributed by atoms with Gasteiger partial charge in [0.05, 0.1) is 35.7 Å². The van der Waals surface area contributed by atoms with Gasteiger partial charge in [0, 0.05) is 29.2 Å². The fourth-order valence-corrected chi connectivity index (χ4v) is 8.20. The number of amides is 2. The first-order chi connectivity index (χ1) is 23.3.